The van der Waals surface area contributed by atoms with Crippen molar-refractivity contribution in [3.05, 3.63) is 95.6 Å². The van der Waals surface area contributed by atoms with Crippen molar-refractivity contribution < 1.29 is 57.7 Å². The van der Waals surface area contributed by atoms with Gasteiger partial charge in [-0.3, -0.25) is 0 Å². The molecular weight excluding hydrogens is 624 g/mol. The highest BCUT2D eigenvalue weighted by molar-refractivity contribution is 5.88. The van der Waals surface area contributed by atoms with Crippen molar-refractivity contribution in [2.24, 2.45) is 0 Å². The molecule has 5 atom stereocenters. The third-order valence-corrected chi connectivity index (χ3v) is 7.43. The molecule has 1 saturated heterocycles. The molecule has 3 aromatic rings. The maximum absolute atomic E-state index is 12.9. The van der Waals surface area contributed by atoms with E-state index in [0.717, 1.165) is 17.2 Å². The summed E-state index contributed by atoms with van der Waals surface area (Å²) in [5, 5.41) is 22.0. The fourth-order valence-electron chi connectivity index (χ4n) is 4.89. The zero-order valence-corrected chi connectivity index (χ0v) is 27.1. The minimum Gasteiger partial charge on any atom is -0.493 e. The minimum absolute atomic E-state index is 0.0920. The summed E-state index contributed by atoms with van der Waals surface area (Å²) >= 11 is 0. The average molecular weight is 665 g/mol. The molecule has 1 unspecified atom stereocenters. The second-order valence-electron chi connectivity index (χ2n) is 10.6. The van der Waals surface area contributed by atoms with Crippen molar-refractivity contribution in [2.45, 2.75) is 37.1 Å². The number of aliphatic hydroxyl groups excluding tert-OH is 2. The first-order valence-electron chi connectivity index (χ1n) is 15.1. The zero-order valence-electron chi connectivity index (χ0n) is 27.1. The van der Waals surface area contributed by atoms with Gasteiger partial charge in [0.1, 0.15) is 24.9 Å². The summed E-state index contributed by atoms with van der Waals surface area (Å²) in [6.45, 7) is -0.316. The van der Waals surface area contributed by atoms with Crippen molar-refractivity contribution in [1.29, 1.82) is 0 Å². The van der Waals surface area contributed by atoms with Gasteiger partial charge in [0.2, 0.25) is 0 Å². The lowest BCUT2D eigenvalue weighted by Gasteiger charge is -2.41. The van der Waals surface area contributed by atoms with Gasteiger partial charge in [0.15, 0.2) is 35.4 Å². The van der Waals surface area contributed by atoms with Crippen LogP contribution in [-0.4, -0.2) is 94.5 Å². The molecule has 0 aromatic heterocycles. The zero-order chi connectivity index (χ0) is 34.5. The standard InChI is InChI=1S/C36H40O12/c1-41-26-14-10-24(20-28(26)43-3)13-17-32(38)48-35-30(22-46-31(37)16-12-23-8-6-5-7-9-23)47-36(34(40)33(35)39)45-19-18-25-11-15-27(42-2)29(21-25)44-4/h5-17,20-21,30,33-36,39-40H,18-19,22H2,1-4H3/b16-12+,17-13+/t30-,33-,34-,35-,36?/m1/s1. The Hall–Kier alpha value is -4.88. The van der Waals surface area contributed by atoms with Gasteiger partial charge >= 0.3 is 11.9 Å². The van der Waals surface area contributed by atoms with E-state index in [1.165, 1.54) is 33.5 Å². The quantitative estimate of drug-likeness (QED) is 0.181. The van der Waals surface area contributed by atoms with Crippen LogP contribution in [0.25, 0.3) is 12.2 Å². The lowest BCUT2D eigenvalue weighted by Crippen LogP contribution is -2.60. The molecule has 0 bridgehead atoms. The number of benzene rings is 3. The summed E-state index contributed by atoms with van der Waals surface area (Å²) in [5.74, 6) is 0.585. The number of esters is 2. The fourth-order valence-corrected chi connectivity index (χ4v) is 4.89. The first kappa shape index (κ1) is 36.0. The summed E-state index contributed by atoms with van der Waals surface area (Å²) in [6, 6.07) is 19.6. The molecule has 256 valence electrons. The molecule has 0 spiro atoms. The van der Waals surface area contributed by atoms with E-state index in [9.17, 15) is 19.8 Å². The molecule has 0 aliphatic carbocycles. The molecule has 0 amide bonds. The molecule has 1 heterocycles. The van der Waals surface area contributed by atoms with E-state index in [4.69, 9.17) is 37.9 Å². The molecule has 1 fully saturated rings. The number of aliphatic hydroxyl groups is 2. The third kappa shape index (κ3) is 9.81. The van der Waals surface area contributed by atoms with Gasteiger partial charge in [-0.15, -0.1) is 0 Å². The molecule has 1 aliphatic rings. The first-order chi connectivity index (χ1) is 23.3. The Labute approximate surface area is 279 Å². The van der Waals surface area contributed by atoms with Crippen LogP contribution in [0.4, 0.5) is 0 Å². The molecular formula is C36H40O12. The Morgan fingerprint density at radius 2 is 1.35 bits per heavy atom. The van der Waals surface area contributed by atoms with E-state index >= 15 is 0 Å². The van der Waals surface area contributed by atoms with Crippen LogP contribution in [0.15, 0.2) is 78.9 Å². The first-order valence-corrected chi connectivity index (χ1v) is 15.1. The smallest absolute Gasteiger partial charge is 0.331 e. The number of ether oxygens (including phenoxy) is 8. The van der Waals surface area contributed by atoms with Gasteiger partial charge in [0, 0.05) is 12.2 Å². The predicted molar refractivity (Wildman–Crippen MR) is 175 cm³/mol. The van der Waals surface area contributed by atoms with Crippen molar-refractivity contribution >= 4 is 24.1 Å². The highest BCUT2D eigenvalue weighted by Gasteiger charge is 2.47. The summed E-state index contributed by atoms with van der Waals surface area (Å²) in [5.41, 5.74) is 2.27. The molecule has 3 aromatic carbocycles. The number of methoxy groups -OCH3 is 4. The molecule has 12 nitrogen and oxygen atoms in total. The molecule has 12 heteroatoms. The van der Waals surface area contributed by atoms with Crippen LogP contribution < -0.4 is 18.9 Å². The average Bonchev–Trinajstić information content (AvgIpc) is 3.12. The SMILES string of the molecule is COc1ccc(/C=C/C(=O)O[C@H]2[C@H](O)[C@@H](O)C(OCCc3ccc(OC)c(OC)c3)O[C@@H]2COC(=O)/C=C/c2ccccc2)cc1OC. The van der Waals surface area contributed by atoms with Crippen LogP contribution in [0.3, 0.4) is 0 Å². The highest BCUT2D eigenvalue weighted by atomic mass is 16.7. The van der Waals surface area contributed by atoms with Crippen LogP contribution >= 0.6 is 0 Å². The summed E-state index contributed by atoms with van der Waals surface area (Å²) in [4.78, 5) is 25.4. The molecule has 0 radical (unpaired) electrons. The number of rotatable bonds is 15. The molecule has 4 rings (SSSR count). The van der Waals surface area contributed by atoms with Gasteiger partial charge in [0.05, 0.1) is 35.0 Å². The lowest BCUT2D eigenvalue weighted by molar-refractivity contribution is -0.303. The van der Waals surface area contributed by atoms with E-state index in [1.54, 1.807) is 43.5 Å². The lowest BCUT2D eigenvalue weighted by atomic mass is 9.99. The van der Waals surface area contributed by atoms with Crippen molar-refractivity contribution in [3.63, 3.8) is 0 Å². The molecule has 48 heavy (non-hydrogen) atoms. The Balaban J connectivity index is 1.44. The van der Waals surface area contributed by atoms with Crippen molar-refractivity contribution in [3.8, 4) is 23.0 Å². The summed E-state index contributed by atoms with van der Waals surface area (Å²) < 4.78 is 43.8. The van der Waals surface area contributed by atoms with E-state index < -0.39 is 49.3 Å². The monoisotopic (exact) mass is 664 g/mol. The summed E-state index contributed by atoms with van der Waals surface area (Å²) in [7, 11) is 6.08. The largest absolute Gasteiger partial charge is 0.493 e. The second kappa shape index (κ2) is 17.9. The van der Waals surface area contributed by atoms with E-state index in [2.05, 4.69) is 0 Å². The van der Waals surface area contributed by atoms with Crippen LogP contribution in [-0.2, 0) is 35.0 Å². The number of carbonyl (C=O) groups excluding carboxylic acids is 2. The molecule has 0 saturated carbocycles. The molecule has 1 aliphatic heterocycles. The highest BCUT2D eigenvalue weighted by Crippen LogP contribution is 2.30. The Kier molecular flexibility index (Phi) is 13.4. The fraction of sp³-hybridized carbons (Fsp3) is 0.333. The molecule has 2 N–H and O–H groups in total. The van der Waals surface area contributed by atoms with Crippen molar-refractivity contribution in [2.75, 3.05) is 41.7 Å². The van der Waals surface area contributed by atoms with Gasteiger partial charge in [0.25, 0.3) is 0 Å². The van der Waals surface area contributed by atoms with Crippen LogP contribution in [0.2, 0.25) is 0 Å². The van der Waals surface area contributed by atoms with Crippen molar-refractivity contribution in [1.82, 2.24) is 0 Å². The van der Waals surface area contributed by atoms with Gasteiger partial charge in [-0.25, -0.2) is 9.59 Å². The Morgan fingerprint density at radius 1 is 0.729 bits per heavy atom. The maximum atomic E-state index is 12.9. The van der Waals surface area contributed by atoms with Gasteiger partial charge in [-0.05, 0) is 59.5 Å². The van der Waals surface area contributed by atoms with Gasteiger partial charge in [-0.1, -0.05) is 42.5 Å². The number of hydrogen-bond acceptors (Lipinski definition) is 12. The summed E-state index contributed by atoms with van der Waals surface area (Å²) in [6.07, 6.45) is -1.25. The number of hydrogen-bond donors (Lipinski definition) is 2. The second-order valence-corrected chi connectivity index (χ2v) is 10.6. The van der Waals surface area contributed by atoms with Crippen LogP contribution in [0.1, 0.15) is 16.7 Å². The Bertz CT molecular complexity index is 1550. The van der Waals surface area contributed by atoms with Crippen LogP contribution in [0.5, 0.6) is 23.0 Å². The van der Waals surface area contributed by atoms with Crippen LogP contribution in [0, 0.1) is 0 Å². The van der Waals surface area contributed by atoms with E-state index in [0.29, 0.717) is 35.0 Å². The normalized spacial score (nSPS) is 20.8. The van der Waals surface area contributed by atoms with Gasteiger partial charge < -0.3 is 48.1 Å². The predicted octanol–water partition coefficient (Wildman–Crippen LogP) is 3.61. The minimum atomic E-state index is -1.63. The Morgan fingerprint density at radius 3 is 2.04 bits per heavy atom. The third-order valence-electron chi connectivity index (χ3n) is 7.43. The van der Waals surface area contributed by atoms with Gasteiger partial charge in [-0.2, -0.15) is 0 Å². The topological polar surface area (TPSA) is 148 Å². The maximum Gasteiger partial charge on any atom is 0.331 e. The van der Waals surface area contributed by atoms with E-state index in [-0.39, 0.29) is 6.61 Å². The number of carbonyl (C=O) groups is 2. The van der Waals surface area contributed by atoms with E-state index in [1.807, 2.05) is 36.4 Å².